The van der Waals surface area contributed by atoms with Gasteiger partial charge in [0, 0.05) is 43.1 Å². The van der Waals surface area contributed by atoms with Crippen LogP contribution in [0, 0.1) is 0 Å². The molecule has 0 radical (unpaired) electrons. The van der Waals surface area contributed by atoms with E-state index in [0.717, 1.165) is 30.5 Å². The first-order valence-electron chi connectivity index (χ1n) is 10.2. The number of phenolic OH excluding ortho intramolecular Hbond substituents is 1. The largest absolute Gasteiger partial charge is 0.507 e. The Balaban J connectivity index is 1.44. The summed E-state index contributed by atoms with van der Waals surface area (Å²) in [7, 11) is 3.20. The molecular weight excluding hydrogens is 400 g/mol. The topological polar surface area (TPSA) is 103 Å². The van der Waals surface area contributed by atoms with E-state index in [1.807, 2.05) is 18.2 Å². The monoisotopic (exact) mass is 426 g/mol. The summed E-state index contributed by atoms with van der Waals surface area (Å²) in [5, 5.41) is 14.4. The summed E-state index contributed by atoms with van der Waals surface area (Å²) in [6.45, 7) is 2.43. The van der Waals surface area contributed by atoms with Crippen molar-refractivity contribution in [3.63, 3.8) is 0 Å². The number of aromatic nitrogens is 3. The molecule has 1 atom stereocenters. The van der Waals surface area contributed by atoms with Gasteiger partial charge in [0.25, 0.3) is 0 Å². The molecule has 1 N–H and O–H groups in total. The van der Waals surface area contributed by atoms with Crippen molar-refractivity contribution in [2.24, 2.45) is 0 Å². The summed E-state index contributed by atoms with van der Waals surface area (Å²) >= 11 is 0. The van der Waals surface area contributed by atoms with Gasteiger partial charge in [0.15, 0.2) is 0 Å². The minimum absolute atomic E-state index is 0.00682. The van der Waals surface area contributed by atoms with Gasteiger partial charge in [0.2, 0.25) is 17.6 Å². The van der Waals surface area contributed by atoms with Gasteiger partial charge in [-0.15, -0.1) is 0 Å². The number of benzene rings is 1. The van der Waals surface area contributed by atoms with Gasteiger partial charge in [-0.05, 0) is 31.5 Å². The average molecular weight is 426 g/mol. The lowest BCUT2D eigenvalue weighted by molar-refractivity contribution is 0.144. The standard InChI is InChI=1S/C22H26N4O5/c1-28-10-11-30-20-8-6-15(13-23-20)21-24-22(31-25-21)18-4-3-9-26(18)14-16-5-7-17(29-2)12-19(16)27/h5-8,12-13,18,27H,3-4,9-11,14H2,1-2H3. The fourth-order valence-corrected chi connectivity index (χ4v) is 3.63. The molecule has 1 saturated heterocycles. The van der Waals surface area contributed by atoms with E-state index >= 15 is 0 Å². The molecule has 9 nitrogen and oxygen atoms in total. The summed E-state index contributed by atoms with van der Waals surface area (Å²) < 4.78 is 21.2. The number of likely N-dealkylation sites (tertiary alicyclic amines) is 1. The second kappa shape index (κ2) is 9.76. The number of hydrogen-bond donors (Lipinski definition) is 1. The number of pyridine rings is 1. The van der Waals surface area contributed by atoms with Crippen LogP contribution in [0.5, 0.6) is 17.4 Å². The van der Waals surface area contributed by atoms with E-state index in [2.05, 4.69) is 20.0 Å². The second-order valence-electron chi connectivity index (χ2n) is 7.31. The van der Waals surface area contributed by atoms with Crippen LogP contribution in [0.4, 0.5) is 0 Å². The van der Waals surface area contributed by atoms with Crippen molar-refractivity contribution in [2.75, 3.05) is 34.0 Å². The smallest absolute Gasteiger partial charge is 0.244 e. The molecule has 1 aliphatic rings. The van der Waals surface area contributed by atoms with Gasteiger partial charge in [0.1, 0.15) is 18.1 Å². The first kappa shape index (κ1) is 21.1. The van der Waals surface area contributed by atoms with E-state index in [1.54, 1.807) is 32.5 Å². The number of hydrogen-bond acceptors (Lipinski definition) is 9. The number of nitrogens with zero attached hydrogens (tertiary/aromatic N) is 4. The molecule has 0 spiro atoms. The molecule has 2 aromatic heterocycles. The molecule has 1 aliphatic heterocycles. The highest BCUT2D eigenvalue weighted by atomic mass is 16.5. The van der Waals surface area contributed by atoms with Crippen molar-refractivity contribution in [2.45, 2.75) is 25.4 Å². The molecule has 0 aliphatic carbocycles. The second-order valence-corrected chi connectivity index (χ2v) is 7.31. The fraction of sp³-hybridized carbons (Fsp3) is 0.409. The van der Waals surface area contributed by atoms with Gasteiger partial charge in [0.05, 0.1) is 19.8 Å². The zero-order valence-corrected chi connectivity index (χ0v) is 17.7. The van der Waals surface area contributed by atoms with Crippen LogP contribution in [-0.4, -0.2) is 59.1 Å². The van der Waals surface area contributed by atoms with Crippen LogP contribution >= 0.6 is 0 Å². The lowest BCUT2D eigenvalue weighted by atomic mass is 10.1. The summed E-state index contributed by atoms with van der Waals surface area (Å²) in [6.07, 6.45) is 3.61. The number of methoxy groups -OCH3 is 2. The Morgan fingerprint density at radius 1 is 1.19 bits per heavy atom. The molecule has 9 heteroatoms. The van der Waals surface area contributed by atoms with Crippen LogP contribution < -0.4 is 9.47 Å². The van der Waals surface area contributed by atoms with Gasteiger partial charge in [-0.3, -0.25) is 4.90 Å². The van der Waals surface area contributed by atoms with E-state index in [-0.39, 0.29) is 11.8 Å². The highest BCUT2D eigenvalue weighted by molar-refractivity contribution is 5.53. The first-order chi connectivity index (χ1) is 15.2. The third-order valence-corrected chi connectivity index (χ3v) is 5.29. The van der Waals surface area contributed by atoms with Gasteiger partial charge >= 0.3 is 0 Å². The summed E-state index contributed by atoms with van der Waals surface area (Å²) in [6, 6.07) is 8.99. The first-order valence-corrected chi connectivity index (χ1v) is 10.2. The van der Waals surface area contributed by atoms with Gasteiger partial charge in [-0.2, -0.15) is 4.98 Å². The van der Waals surface area contributed by atoms with Gasteiger partial charge in [-0.25, -0.2) is 4.98 Å². The molecule has 1 aromatic carbocycles. The van der Waals surface area contributed by atoms with Crippen LogP contribution in [0.1, 0.15) is 30.3 Å². The van der Waals surface area contributed by atoms with Crippen molar-refractivity contribution >= 4 is 0 Å². The van der Waals surface area contributed by atoms with Crippen LogP contribution in [-0.2, 0) is 11.3 Å². The third kappa shape index (κ3) is 4.95. The molecule has 3 heterocycles. The van der Waals surface area contributed by atoms with Crippen LogP contribution in [0.25, 0.3) is 11.4 Å². The van der Waals surface area contributed by atoms with Crippen LogP contribution in [0.3, 0.4) is 0 Å². The summed E-state index contributed by atoms with van der Waals surface area (Å²) in [5.74, 6) is 2.43. The SMILES string of the molecule is COCCOc1ccc(-c2noc(C3CCCN3Cc3ccc(OC)cc3O)n2)cn1. The fourth-order valence-electron chi connectivity index (χ4n) is 3.63. The Labute approximate surface area is 180 Å². The van der Waals surface area contributed by atoms with Crippen molar-refractivity contribution in [1.29, 1.82) is 0 Å². The zero-order chi connectivity index (χ0) is 21.6. The van der Waals surface area contributed by atoms with Crippen molar-refractivity contribution in [1.82, 2.24) is 20.0 Å². The van der Waals surface area contributed by atoms with Crippen LogP contribution in [0.15, 0.2) is 41.1 Å². The van der Waals surface area contributed by atoms with Gasteiger partial charge in [-0.1, -0.05) is 11.2 Å². The number of rotatable bonds is 9. The maximum atomic E-state index is 10.3. The van der Waals surface area contributed by atoms with Crippen molar-refractivity contribution < 1.29 is 23.8 Å². The Hall–Kier alpha value is -3.17. The molecule has 31 heavy (non-hydrogen) atoms. The van der Waals surface area contributed by atoms with E-state index < -0.39 is 0 Å². The molecule has 1 unspecified atom stereocenters. The van der Waals surface area contributed by atoms with E-state index in [4.69, 9.17) is 18.7 Å². The summed E-state index contributed by atoms with van der Waals surface area (Å²) in [5.41, 5.74) is 1.59. The molecule has 1 fully saturated rings. The third-order valence-electron chi connectivity index (χ3n) is 5.29. The molecular formula is C22H26N4O5. The number of phenols is 1. The molecule has 0 amide bonds. The molecule has 0 saturated carbocycles. The normalized spacial score (nSPS) is 16.5. The number of ether oxygens (including phenoxy) is 3. The molecule has 3 aromatic rings. The minimum Gasteiger partial charge on any atom is -0.507 e. The van der Waals surface area contributed by atoms with Gasteiger partial charge < -0.3 is 23.8 Å². The minimum atomic E-state index is 0.00682. The van der Waals surface area contributed by atoms with E-state index in [1.165, 1.54) is 0 Å². The highest BCUT2D eigenvalue weighted by Gasteiger charge is 2.31. The van der Waals surface area contributed by atoms with Crippen molar-refractivity contribution in [3.8, 4) is 28.8 Å². The maximum absolute atomic E-state index is 10.3. The molecule has 4 rings (SSSR count). The lowest BCUT2D eigenvalue weighted by Gasteiger charge is -2.22. The predicted octanol–water partition coefficient (Wildman–Crippen LogP) is 3.21. The predicted molar refractivity (Wildman–Crippen MR) is 112 cm³/mol. The lowest BCUT2D eigenvalue weighted by Crippen LogP contribution is -2.23. The Bertz CT molecular complexity index is 992. The highest BCUT2D eigenvalue weighted by Crippen LogP contribution is 2.35. The Morgan fingerprint density at radius 2 is 2.10 bits per heavy atom. The Kier molecular flexibility index (Phi) is 6.63. The van der Waals surface area contributed by atoms with E-state index in [0.29, 0.717) is 43.1 Å². The van der Waals surface area contributed by atoms with Crippen LogP contribution in [0.2, 0.25) is 0 Å². The molecule has 164 valence electrons. The Morgan fingerprint density at radius 3 is 2.84 bits per heavy atom. The maximum Gasteiger partial charge on any atom is 0.244 e. The summed E-state index contributed by atoms with van der Waals surface area (Å²) in [4.78, 5) is 11.1. The van der Waals surface area contributed by atoms with E-state index in [9.17, 15) is 5.11 Å². The average Bonchev–Trinajstić information content (AvgIpc) is 3.45. The number of aromatic hydroxyl groups is 1. The molecule has 0 bridgehead atoms. The quantitative estimate of drug-likeness (QED) is 0.517. The zero-order valence-electron chi connectivity index (χ0n) is 17.7. The van der Waals surface area contributed by atoms with Crippen molar-refractivity contribution in [3.05, 3.63) is 48.0 Å².